The Labute approximate surface area is 158 Å². The topological polar surface area (TPSA) is 67.2 Å². The van der Waals surface area contributed by atoms with E-state index in [1.807, 2.05) is 29.8 Å². The van der Waals surface area contributed by atoms with E-state index in [0.29, 0.717) is 5.92 Å². The molecule has 2 N–H and O–H groups in total. The number of nitrogens with zero attached hydrogens (tertiary/aromatic N) is 2. The number of carbonyl (C=O) groups excluding carboxylic acids is 1. The van der Waals surface area contributed by atoms with Gasteiger partial charge in [0.1, 0.15) is 11.6 Å². The lowest BCUT2D eigenvalue weighted by molar-refractivity contribution is -0.119. The minimum atomic E-state index is -0.298. The summed E-state index contributed by atoms with van der Waals surface area (Å²) in [5, 5.41) is 12.5. The average molecular weight is 361 g/mol. The van der Waals surface area contributed by atoms with Gasteiger partial charge in [-0.2, -0.15) is 0 Å². The average Bonchev–Trinajstić information content (AvgIpc) is 3.43. The third kappa shape index (κ3) is 3.72. The maximum Gasteiger partial charge on any atom is 0.217 e. The quantitative estimate of drug-likeness (QED) is 0.722. The van der Waals surface area contributed by atoms with Gasteiger partial charge in [-0.25, -0.2) is 4.98 Å². The van der Waals surface area contributed by atoms with Crippen molar-refractivity contribution in [1.29, 1.82) is 0 Å². The lowest BCUT2D eigenvalue weighted by Crippen LogP contribution is -2.27. The molecule has 1 atom stereocenters. The van der Waals surface area contributed by atoms with Gasteiger partial charge in [-0.1, -0.05) is 24.3 Å². The van der Waals surface area contributed by atoms with E-state index < -0.39 is 0 Å². The fraction of sp³-hybridized carbons (Fsp3) is 0.273. The molecule has 0 saturated heterocycles. The maximum atomic E-state index is 11.8. The number of phenols is 1. The van der Waals surface area contributed by atoms with Crippen LogP contribution >= 0.6 is 0 Å². The molecule has 0 aliphatic heterocycles. The van der Waals surface area contributed by atoms with E-state index in [0.717, 1.165) is 22.8 Å². The number of benzene rings is 2. The predicted octanol–water partition coefficient (Wildman–Crippen LogP) is 3.99. The second-order valence-electron chi connectivity index (χ2n) is 7.17. The van der Waals surface area contributed by atoms with Crippen molar-refractivity contribution in [1.82, 2.24) is 14.9 Å². The van der Waals surface area contributed by atoms with Gasteiger partial charge in [-0.05, 0) is 61.1 Å². The third-order valence-corrected chi connectivity index (χ3v) is 4.99. The number of aromatic hydroxyl groups is 1. The van der Waals surface area contributed by atoms with Crippen molar-refractivity contribution in [3.63, 3.8) is 0 Å². The summed E-state index contributed by atoms with van der Waals surface area (Å²) in [6, 6.07) is 15.2. The molecule has 5 nitrogen and oxygen atoms in total. The summed E-state index contributed by atoms with van der Waals surface area (Å²) in [4.78, 5) is 16.5. The first-order valence-corrected chi connectivity index (χ1v) is 9.23. The predicted molar refractivity (Wildman–Crippen MR) is 104 cm³/mol. The third-order valence-electron chi connectivity index (χ3n) is 4.99. The molecule has 2 aromatic carbocycles. The number of rotatable bonds is 5. The number of phenolic OH excluding ortho intramolecular Hbond substituents is 1. The molecule has 1 aromatic heterocycles. The normalized spacial score (nSPS) is 14.7. The fourth-order valence-electron chi connectivity index (χ4n) is 3.42. The molecule has 0 bridgehead atoms. The number of imidazole rings is 1. The molecular weight excluding hydrogens is 338 g/mol. The molecule has 0 radical (unpaired) electrons. The van der Waals surface area contributed by atoms with Gasteiger partial charge in [-0.15, -0.1) is 0 Å². The second kappa shape index (κ2) is 6.91. The maximum absolute atomic E-state index is 11.8. The van der Waals surface area contributed by atoms with Crippen molar-refractivity contribution in [3.05, 3.63) is 77.4 Å². The molecular formula is C22H23N3O2. The molecule has 3 aromatic rings. The smallest absolute Gasteiger partial charge is 0.217 e. The van der Waals surface area contributed by atoms with Crippen LogP contribution in [0.15, 0.2) is 54.7 Å². The van der Waals surface area contributed by atoms with E-state index in [2.05, 4.69) is 29.6 Å². The van der Waals surface area contributed by atoms with Crippen molar-refractivity contribution in [2.24, 2.45) is 0 Å². The van der Waals surface area contributed by atoms with Crippen LogP contribution in [0.1, 0.15) is 54.4 Å². The zero-order valence-corrected chi connectivity index (χ0v) is 15.5. The highest BCUT2D eigenvalue weighted by Gasteiger charge is 2.24. The number of aryl methyl sites for hydroxylation is 1. The van der Waals surface area contributed by atoms with Crippen LogP contribution in [0.25, 0.3) is 5.69 Å². The molecule has 27 heavy (non-hydrogen) atoms. The van der Waals surface area contributed by atoms with Gasteiger partial charge in [0.05, 0.1) is 11.7 Å². The van der Waals surface area contributed by atoms with Crippen molar-refractivity contribution in [2.45, 2.75) is 38.6 Å². The monoisotopic (exact) mass is 361 g/mol. The van der Waals surface area contributed by atoms with Crippen molar-refractivity contribution < 1.29 is 9.90 Å². The number of carbonyl (C=O) groups is 1. The number of hydrogen-bond acceptors (Lipinski definition) is 3. The van der Waals surface area contributed by atoms with Crippen LogP contribution in [0, 0.1) is 6.92 Å². The number of amides is 1. The van der Waals surface area contributed by atoms with Gasteiger partial charge >= 0.3 is 0 Å². The number of nitrogens with one attached hydrogen (secondary N) is 1. The summed E-state index contributed by atoms with van der Waals surface area (Å²) in [6.45, 7) is 3.45. The van der Waals surface area contributed by atoms with E-state index in [9.17, 15) is 9.90 Å². The molecule has 1 saturated carbocycles. The molecule has 4 rings (SSSR count). The molecule has 1 heterocycles. The van der Waals surface area contributed by atoms with Gasteiger partial charge in [0.2, 0.25) is 5.91 Å². The molecule has 1 aliphatic rings. The standard InChI is InChI=1S/C22H23N3O2/c1-14-23-21(13-25(14)19-9-11-20(27)12-10-19)22(24-15(2)26)18-7-5-17(6-8-18)16-3-4-16/h5-13,16,22,27H,3-4H2,1-2H3,(H,24,26). The van der Waals surface area contributed by atoms with Gasteiger partial charge in [0, 0.05) is 18.8 Å². The van der Waals surface area contributed by atoms with E-state index >= 15 is 0 Å². The highest BCUT2D eigenvalue weighted by Crippen LogP contribution is 2.40. The van der Waals surface area contributed by atoms with Crippen LogP contribution in [-0.4, -0.2) is 20.6 Å². The van der Waals surface area contributed by atoms with Crippen LogP contribution in [0.3, 0.4) is 0 Å². The molecule has 138 valence electrons. The van der Waals surface area contributed by atoms with Crippen LogP contribution in [-0.2, 0) is 4.79 Å². The van der Waals surface area contributed by atoms with Crippen LogP contribution in [0.4, 0.5) is 0 Å². The van der Waals surface area contributed by atoms with E-state index in [-0.39, 0.29) is 17.7 Å². The SMILES string of the molecule is CC(=O)NC(c1ccc(C2CC2)cc1)c1cn(-c2ccc(O)cc2)c(C)n1. The lowest BCUT2D eigenvalue weighted by Gasteiger charge is -2.17. The summed E-state index contributed by atoms with van der Waals surface area (Å²) < 4.78 is 1.96. The second-order valence-corrected chi connectivity index (χ2v) is 7.17. The first-order chi connectivity index (χ1) is 13.0. The molecule has 1 amide bonds. The zero-order valence-electron chi connectivity index (χ0n) is 15.5. The minimum absolute atomic E-state index is 0.0943. The summed E-state index contributed by atoms with van der Waals surface area (Å²) in [5.74, 6) is 1.65. The Morgan fingerprint density at radius 3 is 2.41 bits per heavy atom. The lowest BCUT2D eigenvalue weighted by atomic mass is 10.0. The van der Waals surface area contributed by atoms with Crippen LogP contribution < -0.4 is 5.32 Å². The van der Waals surface area contributed by atoms with E-state index in [4.69, 9.17) is 4.98 Å². The van der Waals surface area contributed by atoms with Gasteiger partial charge < -0.3 is 15.0 Å². The number of aromatic nitrogens is 2. The largest absolute Gasteiger partial charge is 0.508 e. The Hall–Kier alpha value is -3.08. The minimum Gasteiger partial charge on any atom is -0.508 e. The highest BCUT2D eigenvalue weighted by molar-refractivity contribution is 5.74. The van der Waals surface area contributed by atoms with E-state index in [1.165, 1.54) is 25.3 Å². The van der Waals surface area contributed by atoms with Gasteiger partial charge in [0.15, 0.2) is 0 Å². The summed E-state index contributed by atoms with van der Waals surface area (Å²) in [5.41, 5.74) is 4.08. The molecule has 1 unspecified atom stereocenters. The summed E-state index contributed by atoms with van der Waals surface area (Å²) in [6.07, 6.45) is 4.48. The van der Waals surface area contributed by atoms with Gasteiger partial charge in [-0.3, -0.25) is 4.79 Å². The Bertz CT molecular complexity index is 954. The Kier molecular flexibility index (Phi) is 4.44. The van der Waals surface area contributed by atoms with E-state index in [1.54, 1.807) is 12.1 Å². The van der Waals surface area contributed by atoms with Gasteiger partial charge in [0.25, 0.3) is 0 Å². The summed E-state index contributed by atoms with van der Waals surface area (Å²) in [7, 11) is 0. The van der Waals surface area contributed by atoms with Crippen LogP contribution in [0.5, 0.6) is 5.75 Å². The highest BCUT2D eigenvalue weighted by atomic mass is 16.3. The van der Waals surface area contributed by atoms with Crippen molar-refractivity contribution in [2.75, 3.05) is 0 Å². The molecule has 1 aliphatic carbocycles. The Morgan fingerprint density at radius 1 is 1.15 bits per heavy atom. The summed E-state index contributed by atoms with van der Waals surface area (Å²) >= 11 is 0. The molecule has 5 heteroatoms. The zero-order chi connectivity index (χ0) is 19.0. The Morgan fingerprint density at radius 2 is 1.81 bits per heavy atom. The number of hydrogen-bond donors (Lipinski definition) is 2. The Balaban J connectivity index is 1.68. The first kappa shape index (κ1) is 17.3. The van der Waals surface area contributed by atoms with Crippen LogP contribution in [0.2, 0.25) is 0 Å². The van der Waals surface area contributed by atoms with Crippen molar-refractivity contribution in [3.8, 4) is 11.4 Å². The van der Waals surface area contributed by atoms with Crippen molar-refractivity contribution >= 4 is 5.91 Å². The fourth-order valence-corrected chi connectivity index (χ4v) is 3.42. The first-order valence-electron chi connectivity index (χ1n) is 9.23. The molecule has 0 spiro atoms. The molecule has 1 fully saturated rings.